The number of sulfonamides is 1. The molecule has 2 amide bonds. The lowest BCUT2D eigenvalue weighted by Gasteiger charge is -2.32. The SMILES string of the molecule is CCCNC(=O)[C@H](C)N(Cc1cccc(OC)c1)C(=O)CN(c1ccc(Cl)cc1)S(=O)(=O)c1ccc(OC)cc1. The molecule has 0 aromatic heterocycles. The van der Waals surface area contributed by atoms with Crippen molar-refractivity contribution in [3.8, 4) is 11.5 Å². The number of anilines is 1. The summed E-state index contributed by atoms with van der Waals surface area (Å²) in [7, 11) is -1.18. The molecule has 214 valence electrons. The van der Waals surface area contributed by atoms with Crippen LogP contribution in [-0.2, 0) is 26.2 Å². The number of nitrogens with zero attached hydrogens (tertiary/aromatic N) is 2. The second-order valence-corrected chi connectivity index (χ2v) is 11.3. The minimum atomic E-state index is -4.20. The molecule has 0 spiro atoms. The molecule has 40 heavy (non-hydrogen) atoms. The van der Waals surface area contributed by atoms with Crippen LogP contribution < -0.4 is 19.1 Å². The number of amides is 2. The van der Waals surface area contributed by atoms with E-state index in [-0.39, 0.29) is 23.0 Å². The molecule has 0 aliphatic carbocycles. The molecule has 3 aromatic carbocycles. The molecular formula is C29H34ClN3O6S. The average molecular weight is 588 g/mol. The maximum atomic E-state index is 13.9. The van der Waals surface area contributed by atoms with Crippen molar-refractivity contribution in [2.24, 2.45) is 0 Å². The van der Waals surface area contributed by atoms with Gasteiger partial charge < -0.3 is 19.7 Å². The van der Waals surface area contributed by atoms with Crippen LogP contribution in [0.2, 0.25) is 5.02 Å². The Kier molecular flexibility index (Phi) is 10.8. The van der Waals surface area contributed by atoms with E-state index in [1.165, 1.54) is 55.5 Å². The van der Waals surface area contributed by atoms with Crippen LogP contribution in [0, 0.1) is 0 Å². The van der Waals surface area contributed by atoms with Gasteiger partial charge in [0.25, 0.3) is 10.0 Å². The number of ether oxygens (including phenoxy) is 2. The molecule has 0 saturated heterocycles. The summed E-state index contributed by atoms with van der Waals surface area (Å²) in [6, 6.07) is 18.3. The van der Waals surface area contributed by atoms with Gasteiger partial charge >= 0.3 is 0 Å². The highest BCUT2D eigenvalue weighted by Crippen LogP contribution is 2.27. The van der Waals surface area contributed by atoms with Crippen LogP contribution in [0.25, 0.3) is 0 Å². The number of nitrogens with one attached hydrogen (secondary N) is 1. The van der Waals surface area contributed by atoms with Gasteiger partial charge in [-0.3, -0.25) is 13.9 Å². The molecule has 1 atom stereocenters. The molecule has 11 heteroatoms. The molecule has 0 unspecified atom stereocenters. The van der Waals surface area contributed by atoms with E-state index in [4.69, 9.17) is 21.1 Å². The zero-order chi connectivity index (χ0) is 29.3. The summed E-state index contributed by atoms with van der Waals surface area (Å²) < 4.78 is 39.2. The number of hydrogen-bond donors (Lipinski definition) is 1. The van der Waals surface area contributed by atoms with Crippen molar-refractivity contribution >= 4 is 39.1 Å². The third-order valence-electron chi connectivity index (χ3n) is 6.24. The van der Waals surface area contributed by atoms with Gasteiger partial charge in [0.1, 0.15) is 24.1 Å². The second kappa shape index (κ2) is 14.0. The van der Waals surface area contributed by atoms with E-state index >= 15 is 0 Å². The van der Waals surface area contributed by atoms with E-state index in [1.54, 1.807) is 37.3 Å². The lowest BCUT2D eigenvalue weighted by atomic mass is 10.1. The van der Waals surface area contributed by atoms with E-state index in [2.05, 4.69) is 5.32 Å². The maximum Gasteiger partial charge on any atom is 0.264 e. The summed E-state index contributed by atoms with van der Waals surface area (Å²) >= 11 is 6.06. The summed E-state index contributed by atoms with van der Waals surface area (Å²) in [6.07, 6.45) is 0.729. The Bertz CT molecular complexity index is 1400. The first-order valence-corrected chi connectivity index (χ1v) is 14.5. The Balaban J connectivity index is 2.02. The van der Waals surface area contributed by atoms with Gasteiger partial charge in [-0.15, -0.1) is 0 Å². The molecule has 9 nitrogen and oxygen atoms in total. The Morgan fingerprint density at radius 1 is 0.950 bits per heavy atom. The Morgan fingerprint density at radius 2 is 1.60 bits per heavy atom. The zero-order valence-corrected chi connectivity index (χ0v) is 24.5. The normalized spacial score (nSPS) is 11.8. The monoisotopic (exact) mass is 587 g/mol. The lowest BCUT2D eigenvalue weighted by molar-refractivity contribution is -0.139. The topological polar surface area (TPSA) is 105 Å². The predicted molar refractivity (Wildman–Crippen MR) is 155 cm³/mol. The number of hydrogen-bond acceptors (Lipinski definition) is 6. The van der Waals surface area contributed by atoms with E-state index in [0.717, 1.165) is 16.3 Å². The fraction of sp³-hybridized carbons (Fsp3) is 0.310. The smallest absolute Gasteiger partial charge is 0.264 e. The molecule has 0 fully saturated rings. The first-order chi connectivity index (χ1) is 19.1. The van der Waals surface area contributed by atoms with Crippen molar-refractivity contribution < 1.29 is 27.5 Å². The molecule has 0 aliphatic heterocycles. The molecule has 3 aromatic rings. The second-order valence-electron chi connectivity index (χ2n) is 9.00. The molecule has 1 N–H and O–H groups in total. The minimum absolute atomic E-state index is 0.0240. The summed E-state index contributed by atoms with van der Waals surface area (Å²) in [5.74, 6) is 0.186. The van der Waals surface area contributed by atoms with Gasteiger partial charge in [0.2, 0.25) is 11.8 Å². The number of methoxy groups -OCH3 is 2. The summed E-state index contributed by atoms with van der Waals surface area (Å²) in [4.78, 5) is 28.2. The van der Waals surface area contributed by atoms with Crippen LogP contribution in [0.15, 0.2) is 77.7 Å². The molecule has 0 radical (unpaired) electrons. The van der Waals surface area contributed by atoms with Crippen LogP contribution in [0.5, 0.6) is 11.5 Å². The number of halogens is 1. The van der Waals surface area contributed by atoms with Crippen LogP contribution in [0.1, 0.15) is 25.8 Å². The van der Waals surface area contributed by atoms with Gasteiger partial charge in [0, 0.05) is 18.1 Å². The van der Waals surface area contributed by atoms with E-state index in [0.29, 0.717) is 23.1 Å². The van der Waals surface area contributed by atoms with Crippen molar-refractivity contribution in [3.63, 3.8) is 0 Å². The number of carbonyl (C=O) groups is 2. The van der Waals surface area contributed by atoms with Crippen molar-refractivity contribution in [1.29, 1.82) is 0 Å². The fourth-order valence-corrected chi connectivity index (χ4v) is 5.50. The average Bonchev–Trinajstić information content (AvgIpc) is 2.97. The third-order valence-corrected chi connectivity index (χ3v) is 8.28. The van der Waals surface area contributed by atoms with Crippen molar-refractivity contribution in [2.75, 3.05) is 31.6 Å². The highest BCUT2D eigenvalue weighted by molar-refractivity contribution is 7.92. The standard InChI is InChI=1S/C29H34ClN3O6S/c1-5-17-31-29(35)21(2)32(19-22-7-6-8-26(18-22)39-4)28(34)20-33(24-11-9-23(30)10-12-24)40(36,37)27-15-13-25(38-3)14-16-27/h6-16,18,21H,5,17,19-20H2,1-4H3,(H,31,35)/t21-/m0/s1. The van der Waals surface area contributed by atoms with E-state index in [9.17, 15) is 18.0 Å². The van der Waals surface area contributed by atoms with Crippen molar-refractivity contribution in [3.05, 3.63) is 83.4 Å². The van der Waals surface area contributed by atoms with E-state index in [1.807, 2.05) is 13.0 Å². The van der Waals surface area contributed by atoms with Gasteiger partial charge in [-0.25, -0.2) is 8.42 Å². The van der Waals surface area contributed by atoms with Crippen LogP contribution in [-0.4, -0.2) is 58.5 Å². The number of benzene rings is 3. The largest absolute Gasteiger partial charge is 0.497 e. The predicted octanol–water partition coefficient (Wildman–Crippen LogP) is 4.50. The first kappa shape index (κ1) is 30.8. The fourth-order valence-electron chi connectivity index (χ4n) is 3.96. The molecular weight excluding hydrogens is 554 g/mol. The van der Waals surface area contributed by atoms with Gasteiger partial charge in [0.05, 0.1) is 24.8 Å². The lowest BCUT2D eigenvalue weighted by Crippen LogP contribution is -2.51. The summed E-state index contributed by atoms with van der Waals surface area (Å²) in [5, 5.41) is 3.23. The van der Waals surface area contributed by atoms with Gasteiger partial charge in [-0.05, 0) is 79.6 Å². The van der Waals surface area contributed by atoms with Crippen LogP contribution in [0.4, 0.5) is 5.69 Å². The highest BCUT2D eigenvalue weighted by atomic mass is 35.5. The summed E-state index contributed by atoms with van der Waals surface area (Å²) in [5.41, 5.74) is 0.969. The molecule has 0 heterocycles. The minimum Gasteiger partial charge on any atom is -0.497 e. The van der Waals surface area contributed by atoms with Gasteiger partial charge in [0.15, 0.2) is 0 Å². The number of rotatable bonds is 13. The van der Waals surface area contributed by atoms with Gasteiger partial charge in [-0.2, -0.15) is 0 Å². The molecule has 0 bridgehead atoms. The van der Waals surface area contributed by atoms with Crippen molar-refractivity contribution in [2.45, 2.75) is 37.8 Å². The Morgan fingerprint density at radius 3 is 2.20 bits per heavy atom. The molecule has 3 rings (SSSR count). The first-order valence-electron chi connectivity index (χ1n) is 12.7. The maximum absolute atomic E-state index is 13.9. The Labute approximate surface area is 240 Å². The zero-order valence-electron chi connectivity index (χ0n) is 23.0. The van der Waals surface area contributed by atoms with E-state index < -0.39 is 28.5 Å². The molecule has 0 saturated carbocycles. The highest BCUT2D eigenvalue weighted by Gasteiger charge is 2.32. The van der Waals surface area contributed by atoms with Crippen LogP contribution >= 0.6 is 11.6 Å². The third kappa shape index (κ3) is 7.67. The van der Waals surface area contributed by atoms with Gasteiger partial charge in [-0.1, -0.05) is 30.7 Å². The van der Waals surface area contributed by atoms with Crippen molar-refractivity contribution in [1.82, 2.24) is 10.2 Å². The quantitative estimate of drug-likeness (QED) is 0.316. The Hall–Kier alpha value is -3.76. The molecule has 0 aliphatic rings. The number of carbonyl (C=O) groups excluding carboxylic acids is 2. The van der Waals surface area contributed by atoms with Crippen LogP contribution in [0.3, 0.4) is 0 Å². The summed E-state index contributed by atoms with van der Waals surface area (Å²) in [6.45, 7) is 3.51.